The van der Waals surface area contributed by atoms with Crippen LogP contribution in [-0.2, 0) is 9.53 Å². The van der Waals surface area contributed by atoms with Crippen LogP contribution in [0, 0.1) is 5.92 Å². The number of benzene rings is 1. The summed E-state index contributed by atoms with van der Waals surface area (Å²) in [5.74, 6) is 1.15. The molecule has 1 atom stereocenters. The standard InChI is InChI=1S/C19H28O3/c1-4-7-11-16(5-2)14-15-18(19(20)21-6-3)22-17-12-9-8-10-13-17/h8-10,12-13,15-16H,4-7,11,14H2,1-3H3. The van der Waals surface area contributed by atoms with Crippen LogP contribution in [0.25, 0.3) is 0 Å². The first kappa shape index (κ1) is 18.3. The van der Waals surface area contributed by atoms with Gasteiger partial charge >= 0.3 is 5.97 Å². The fourth-order valence-corrected chi connectivity index (χ4v) is 2.24. The lowest BCUT2D eigenvalue weighted by Gasteiger charge is -2.14. The van der Waals surface area contributed by atoms with Gasteiger partial charge in [-0.05, 0) is 37.5 Å². The second kappa shape index (κ2) is 10.9. The lowest BCUT2D eigenvalue weighted by Crippen LogP contribution is -2.13. The van der Waals surface area contributed by atoms with Gasteiger partial charge in [0.05, 0.1) is 6.61 Å². The van der Waals surface area contributed by atoms with Crippen LogP contribution in [0.1, 0.15) is 52.9 Å². The van der Waals surface area contributed by atoms with Crippen molar-refractivity contribution in [3.63, 3.8) is 0 Å². The predicted molar refractivity (Wildman–Crippen MR) is 89.7 cm³/mol. The zero-order valence-electron chi connectivity index (χ0n) is 14.0. The highest BCUT2D eigenvalue weighted by Crippen LogP contribution is 2.20. The van der Waals surface area contributed by atoms with Gasteiger partial charge in [0.15, 0.2) is 0 Å². The molecule has 1 aromatic carbocycles. The first-order chi connectivity index (χ1) is 10.7. The first-order valence-electron chi connectivity index (χ1n) is 8.31. The van der Waals surface area contributed by atoms with Gasteiger partial charge in [0, 0.05) is 0 Å². The number of ether oxygens (including phenoxy) is 2. The first-order valence-corrected chi connectivity index (χ1v) is 8.31. The molecule has 22 heavy (non-hydrogen) atoms. The summed E-state index contributed by atoms with van der Waals surface area (Å²) in [6.45, 7) is 6.54. The summed E-state index contributed by atoms with van der Waals surface area (Å²) < 4.78 is 10.8. The molecule has 0 bridgehead atoms. The van der Waals surface area contributed by atoms with Gasteiger partial charge in [0.2, 0.25) is 5.76 Å². The Hall–Kier alpha value is -1.77. The molecule has 0 radical (unpaired) electrons. The number of allylic oxidation sites excluding steroid dienone is 1. The summed E-state index contributed by atoms with van der Waals surface area (Å²) in [6, 6.07) is 9.35. The number of carbonyl (C=O) groups is 1. The van der Waals surface area contributed by atoms with Crippen LogP contribution in [-0.4, -0.2) is 12.6 Å². The Labute approximate surface area is 134 Å². The van der Waals surface area contributed by atoms with Gasteiger partial charge < -0.3 is 9.47 Å². The molecule has 122 valence electrons. The van der Waals surface area contributed by atoms with Crippen molar-refractivity contribution in [1.82, 2.24) is 0 Å². The van der Waals surface area contributed by atoms with E-state index in [1.165, 1.54) is 19.3 Å². The van der Waals surface area contributed by atoms with E-state index >= 15 is 0 Å². The quantitative estimate of drug-likeness (QED) is 0.342. The van der Waals surface area contributed by atoms with Crippen molar-refractivity contribution in [2.45, 2.75) is 52.9 Å². The van der Waals surface area contributed by atoms with E-state index in [1.54, 1.807) is 6.92 Å². The molecule has 1 aromatic rings. The van der Waals surface area contributed by atoms with Crippen LogP contribution in [0.3, 0.4) is 0 Å². The van der Waals surface area contributed by atoms with Crippen molar-refractivity contribution < 1.29 is 14.3 Å². The smallest absolute Gasteiger partial charge is 0.373 e. The maximum atomic E-state index is 12.0. The fourth-order valence-electron chi connectivity index (χ4n) is 2.24. The highest BCUT2D eigenvalue weighted by atomic mass is 16.6. The van der Waals surface area contributed by atoms with E-state index in [2.05, 4.69) is 13.8 Å². The van der Waals surface area contributed by atoms with E-state index < -0.39 is 5.97 Å². The van der Waals surface area contributed by atoms with E-state index in [0.29, 0.717) is 24.0 Å². The van der Waals surface area contributed by atoms with Crippen LogP contribution in [0.4, 0.5) is 0 Å². The second-order valence-electron chi connectivity index (χ2n) is 5.36. The molecule has 0 fully saturated rings. The Morgan fingerprint density at radius 2 is 1.91 bits per heavy atom. The lowest BCUT2D eigenvalue weighted by molar-refractivity contribution is -0.141. The van der Waals surface area contributed by atoms with Gasteiger partial charge in [-0.3, -0.25) is 0 Å². The molecule has 0 aromatic heterocycles. The molecule has 0 spiro atoms. The molecule has 0 saturated heterocycles. The monoisotopic (exact) mass is 304 g/mol. The largest absolute Gasteiger partial charge is 0.460 e. The van der Waals surface area contributed by atoms with E-state index in [1.807, 2.05) is 36.4 Å². The fraction of sp³-hybridized carbons (Fsp3) is 0.526. The molecule has 0 N–H and O–H groups in total. The molecule has 0 saturated carbocycles. The Balaban J connectivity index is 2.75. The third-order valence-electron chi connectivity index (χ3n) is 3.63. The van der Waals surface area contributed by atoms with Gasteiger partial charge in [-0.15, -0.1) is 0 Å². The van der Waals surface area contributed by atoms with E-state index in [0.717, 1.165) is 12.8 Å². The van der Waals surface area contributed by atoms with Crippen LogP contribution in [0.2, 0.25) is 0 Å². The number of rotatable bonds is 10. The Morgan fingerprint density at radius 3 is 2.50 bits per heavy atom. The minimum Gasteiger partial charge on any atom is -0.460 e. The van der Waals surface area contributed by atoms with Crippen LogP contribution in [0.5, 0.6) is 5.75 Å². The second-order valence-corrected chi connectivity index (χ2v) is 5.36. The Bertz CT molecular complexity index is 451. The molecule has 0 aliphatic rings. The summed E-state index contributed by atoms with van der Waals surface area (Å²) in [7, 11) is 0. The van der Waals surface area contributed by atoms with Gasteiger partial charge in [-0.1, -0.05) is 57.7 Å². The summed E-state index contributed by atoms with van der Waals surface area (Å²) in [6.07, 6.45) is 7.45. The maximum Gasteiger partial charge on any atom is 0.373 e. The summed E-state index contributed by atoms with van der Waals surface area (Å²) >= 11 is 0. The highest BCUT2D eigenvalue weighted by Gasteiger charge is 2.14. The minimum absolute atomic E-state index is 0.294. The SMILES string of the molecule is CCCCC(CC)CC=C(Oc1ccccc1)C(=O)OCC. The summed E-state index contributed by atoms with van der Waals surface area (Å²) in [4.78, 5) is 12.0. The molecule has 3 heteroatoms. The number of unbranched alkanes of at least 4 members (excludes halogenated alkanes) is 1. The van der Waals surface area contributed by atoms with E-state index in [-0.39, 0.29) is 0 Å². The number of para-hydroxylation sites is 1. The van der Waals surface area contributed by atoms with Gasteiger partial charge in [-0.25, -0.2) is 4.79 Å². The molecule has 0 aliphatic heterocycles. The number of esters is 1. The average Bonchev–Trinajstić information content (AvgIpc) is 2.55. The minimum atomic E-state index is -0.392. The third kappa shape index (κ3) is 6.79. The number of carbonyl (C=O) groups excluding carboxylic acids is 1. The van der Waals surface area contributed by atoms with E-state index in [4.69, 9.17) is 9.47 Å². The van der Waals surface area contributed by atoms with E-state index in [9.17, 15) is 4.79 Å². The average molecular weight is 304 g/mol. The van der Waals surface area contributed by atoms with Crippen molar-refractivity contribution in [2.24, 2.45) is 5.92 Å². The Kier molecular flexibility index (Phi) is 9.04. The van der Waals surface area contributed by atoms with Gasteiger partial charge in [0.25, 0.3) is 0 Å². The van der Waals surface area contributed by atoms with Crippen LogP contribution < -0.4 is 4.74 Å². The Morgan fingerprint density at radius 1 is 1.18 bits per heavy atom. The molecule has 1 unspecified atom stereocenters. The molecular formula is C19H28O3. The maximum absolute atomic E-state index is 12.0. The lowest BCUT2D eigenvalue weighted by atomic mass is 9.95. The highest BCUT2D eigenvalue weighted by molar-refractivity contribution is 5.86. The number of hydrogen-bond donors (Lipinski definition) is 0. The third-order valence-corrected chi connectivity index (χ3v) is 3.63. The molecule has 1 rings (SSSR count). The van der Waals surface area contributed by atoms with Crippen molar-refractivity contribution in [3.05, 3.63) is 42.2 Å². The molecule has 3 nitrogen and oxygen atoms in total. The van der Waals surface area contributed by atoms with Crippen LogP contribution >= 0.6 is 0 Å². The summed E-state index contributed by atoms with van der Waals surface area (Å²) in [5.41, 5.74) is 0. The van der Waals surface area contributed by atoms with Crippen molar-refractivity contribution in [1.29, 1.82) is 0 Å². The summed E-state index contributed by atoms with van der Waals surface area (Å²) in [5, 5.41) is 0. The topological polar surface area (TPSA) is 35.5 Å². The molecular weight excluding hydrogens is 276 g/mol. The predicted octanol–water partition coefficient (Wildman–Crippen LogP) is 5.12. The van der Waals surface area contributed by atoms with Gasteiger partial charge in [0.1, 0.15) is 5.75 Å². The zero-order chi connectivity index (χ0) is 16.2. The van der Waals surface area contributed by atoms with Crippen molar-refractivity contribution in [2.75, 3.05) is 6.61 Å². The molecule has 0 aliphatic carbocycles. The van der Waals surface area contributed by atoms with Crippen molar-refractivity contribution >= 4 is 5.97 Å². The van der Waals surface area contributed by atoms with Crippen LogP contribution in [0.15, 0.2) is 42.2 Å². The number of hydrogen-bond acceptors (Lipinski definition) is 3. The van der Waals surface area contributed by atoms with Crippen molar-refractivity contribution in [3.8, 4) is 5.75 Å². The molecule has 0 amide bonds. The molecule has 0 heterocycles. The van der Waals surface area contributed by atoms with Gasteiger partial charge in [-0.2, -0.15) is 0 Å². The normalized spacial score (nSPS) is 12.8. The zero-order valence-corrected chi connectivity index (χ0v) is 14.0.